The van der Waals surface area contributed by atoms with E-state index in [-0.39, 0.29) is 24.8 Å². The van der Waals surface area contributed by atoms with Gasteiger partial charge in [0.05, 0.1) is 12.8 Å². The van der Waals surface area contributed by atoms with Crippen molar-refractivity contribution in [3.05, 3.63) is 131 Å². The summed E-state index contributed by atoms with van der Waals surface area (Å²) in [7, 11) is 0. The molecule has 1 amide bonds. The lowest BCUT2D eigenvalue weighted by Crippen LogP contribution is -2.16. The molecule has 0 saturated heterocycles. The van der Waals surface area contributed by atoms with Crippen LogP contribution < -0.4 is 19.6 Å². The van der Waals surface area contributed by atoms with Crippen molar-refractivity contribution in [1.29, 1.82) is 0 Å². The Morgan fingerprint density at radius 2 is 1.60 bits per heavy atom. The first-order valence-corrected chi connectivity index (χ1v) is 13.8. The van der Waals surface area contributed by atoms with E-state index in [2.05, 4.69) is 41.1 Å². The first-order chi connectivity index (χ1) is 20.9. The van der Waals surface area contributed by atoms with E-state index in [1.165, 1.54) is 18.3 Å². The fourth-order valence-electron chi connectivity index (χ4n) is 4.45. The first-order valence-electron chi connectivity index (χ1n) is 13.8. The molecular weight excluding hydrogens is 549 g/mol. The number of nitrogens with one attached hydrogen (secondary N) is 1. The average Bonchev–Trinajstić information content (AvgIpc) is 3.63. The van der Waals surface area contributed by atoms with E-state index in [1.807, 2.05) is 31.2 Å². The molecule has 43 heavy (non-hydrogen) atoms. The van der Waals surface area contributed by atoms with Gasteiger partial charge in [-0.05, 0) is 111 Å². The third-order valence-corrected chi connectivity index (χ3v) is 6.59. The van der Waals surface area contributed by atoms with Gasteiger partial charge in [-0.15, -0.1) is 0 Å². The molecular formula is C34H32FN3O5. The highest BCUT2D eigenvalue weighted by molar-refractivity contribution is 5.92. The van der Waals surface area contributed by atoms with Gasteiger partial charge in [0, 0.05) is 17.1 Å². The van der Waals surface area contributed by atoms with E-state index >= 15 is 0 Å². The molecule has 8 nitrogen and oxygen atoms in total. The zero-order chi connectivity index (χ0) is 30.2. The summed E-state index contributed by atoms with van der Waals surface area (Å²) in [5, 5.41) is 4.05. The van der Waals surface area contributed by atoms with Crippen LogP contribution in [0.15, 0.2) is 101 Å². The molecule has 9 heteroatoms. The van der Waals surface area contributed by atoms with Gasteiger partial charge in [-0.25, -0.2) is 9.82 Å². The number of hydrogen-bond donors (Lipinski definition) is 1. The van der Waals surface area contributed by atoms with Gasteiger partial charge in [0.1, 0.15) is 30.5 Å². The molecule has 2 heterocycles. The van der Waals surface area contributed by atoms with Crippen LogP contribution in [0.25, 0.3) is 5.69 Å². The number of carbonyl (C=O) groups excluding carboxylic acids is 1. The van der Waals surface area contributed by atoms with Crippen molar-refractivity contribution in [2.24, 2.45) is 5.10 Å². The minimum Gasteiger partial charge on any atom is -0.490 e. The number of rotatable bonds is 12. The molecule has 0 fully saturated rings. The molecule has 1 N–H and O–H groups in total. The van der Waals surface area contributed by atoms with E-state index in [0.29, 0.717) is 35.2 Å². The second-order valence-corrected chi connectivity index (χ2v) is 9.75. The Kier molecular flexibility index (Phi) is 9.21. The molecule has 0 unspecified atom stereocenters. The maximum absolute atomic E-state index is 13.2. The molecule has 0 spiro atoms. The molecule has 0 radical (unpaired) electrons. The van der Waals surface area contributed by atoms with E-state index in [4.69, 9.17) is 18.6 Å². The van der Waals surface area contributed by atoms with E-state index in [9.17, 15) is 9.18 Å². The van der Waals surface area contributed by atoms with Crippen LogP contribution in [0.3, 0.4) is 0 Å². The maximum atomic E-state index is 13.2. The SMILES string of the molecule is CCOc1cc(/C=N/NC(=O)c2ccc(COc3ccc(-n4c(C)ccc4C)cc3)o2)ccc1OCc1ccc(F)cc1. The van der Waals surface area contributed by atoms with Gasteiger partial charge in [-0.2, -0.15) is 5.10 Å². The van der Waals surface area contributed by atoms with Crippen LogP contribution in [0.4, 0.5) is 4.39 Å². The summed E-state index contributed by atoms with van der Waals surface area (Å²) in [6.07, 6.45) is 1.50. The molecule has 0 aliphatic heterocycles. The summed E-state index contributed by atoms with van der Waals surface area (Å²) in [6, 6.07) is 26.7. The number of halogens is 1. The molecule has 2 aromatic heterocycles. The molecule has 5 rings (SSSR count). The smallest absolute Gasteiger partial charge is 0.307 e. The number of ether oxygens (including phenoxy) is 3. The molecule has 0 aliphatic carbocycles. The third-order valence-electron chi connectivity index (χ3n) is 6.59. The monoisotopic (exact) mass is 581 g/mol. The second-order valence-electron chi connectivity index (χ2n) is 9.75. The molecule has 0 aliphatic rings. The number of furan rings is 1. The average molecular weight is 582 g/mol. The number of benzene rings is 3. The predicted octanol–water partition coefficient (Wildman–Crippen LogP) is 7.15. The van der Waals surface area contributed by atoms with Gasteiger partial charge in [0.2, 0.25) is 0 Å². The summed E-state index contributed by atoms with van der Waals surface area (Å²) >= 11 is 0. The van der Waals surface area contributed by atoms with E-state index < -0.39 is 5.91 Å². The number of carbonyl (C=O) groups is 1. The van der Waals surface area contributed by atoms with Gasteiger partial charge in [-0.1, -0.05) is 12.1 Å². The van der Waals surface area contributed by atoms with Gasteiger partial charge >= 0.3 is 5.91 Å². The Morgan fingerprint density at radius 3 is 2.33 bits per heavy atom. The molecule has 0 bridgehead atoms. The van der Waals surface area contributed by atoms with Crippen LogP contribution in [-0.2, 0) is 13.2 Å². The Morgan fingerprint density at radius 1 is 0.860 bits per heavy atom. The fourth-order valence-corrected chi connectivity index (χ4v) is 4.45. The first kappa shape index (κ1) is 29.2. The number of hydrazone groups is 1. The third kappa shape index (κ3) is 7.51. The van der Waals surface area contributed by atoms with Gasteiger partial charge < -0.3 is 23.2 Å². The molecule has 5 aromatic rings. The van der Waals surface area contributed by atoms with Crippen molar-refractivity contribution >= 4 is 12.1 Å². The topological polar surface area (TPSA) is 87.2 Å². The molecule has 0 saturated carbocycles. The summed E-state index contributed by atoms with van der Waals surface area (Å²) in [6.45, 7) is 6.88. The highest BCUT2D eigenvalue weighted by Gasteiger charge is 2.12. The maximum Gasteiger partial charge on any atom is 0.307 e. The Bertz CT molecular complexity index is 1690. The highest BCUT2D eigenvalue weighted by Crippen LogP contribution is 2.29. The number of aryl methyl sites for hydroxylation is 2. The summed E-state index contributed by atoms with van der Waals surface area (Å²) < 4.78 is 38.4. The molecule has 3 aromatic carbocycles. The van der Waals surface area contributed by atoms with Crippen LogP contribution in [0.1, 0.15) is 45.8 Å². The van der Waals surface area contributed by atoms with Crippen molar-refractivity contribution in [2.75, 3.05) is 6.61 Å². The Balaban J connectivity index is 1.13. The number of aromatic nitrogens is 1. The standard InChI is InChI=1S/C34H32FN3O5/c1-4-40-33-19-26(9-17-31(33)42-21-25-7-10-27(35)11-8-25)20-36-37-34(39)32-18-16-30(43-32)22-41-29-14-12-28(13-15-29)38-23(2)5-6-24(38)3/h5-20H,4,21-22H2,1-3H3,(H,37,39)/b36-20+. The fraction of sp³-hybridized carbons (Fsp3) is 0.176. The lowest BCUT2D eigenvalue weighted by molar-refractivity contribution is 0.0923. The minimum atomic E-state index is -0.492. The van der Waals surface area contributed by atoms with Gasteiger partial charge in [-0.3, -0.25) is 4.79 Å². The minimum absolute atomic E-state index is 0.115. The Hall–Kier alpha value is -5.31. The number of hydrogen-bond acceptors (Lipinski definition) is 6. The second kappa shape index (κ2) is 13.6. The van der Waals surface area contributed by atoms with Crippen LogP contribution in [0.5, 0.6) is 17.2 Å². The largest absolute Gasteiger partial charge is 0.490 e. The number of nitrogens with zero attached hydrogens (tertiary/aromatic N) is 2. The molecule has 220 valence electrons. The summed E-state index contributed by atoms with van der Waals surface area (Å²) in [4.78, 5) is 12.6. The van der Waals surface area contributed by atoms with E-state index in [0.717, 1.165) is 22.6 Å². The predicted molar refractivity (Wildman–Crippen MR) is 162 cm³/mol. The quantitative estimate of drug-likeness (QED) is 0.125. The Labute approximate surface area is 249 Å². The van der Waals surface area contributed by atoms with Crippen molar-refractivity contribution < 1.29 is 27.8 Å². The van der Waals surface area contributed by atoms with Crippen molar-refractivity contribution in [2.45, 2.75) is 34.0 Å². The highest BCUT2D eigenvalue weighted by atomic mass is 19.1. The number of amides is 1. The van der Waals surface area contributed by atoms with Crippen molar-refractivity contribution in [3.63, 3.8) is 0 Å². The lowest BCUT2D eigenvalue weighted by Gasteiger charge is -2.12. The van der Waals surface area contributed by atoms with Crippen LogP contribution >= 0.6 is 0 Å². The lowest BCUT2D eigenvalue weighted by atomic mass is 10.2. The zero-order valence-electron chi connectivity index (χ0n) is 24.2. The summed E-state index contributed by atoms with van der Waals surface area (Å²) in [5.74, 6) is 1.59. The van der Waals surface area contributed by atoms with E-state index in [1.54, 1.807) is 42.5 Å². The van der Waals surface area contributed by atoms with Gasteiger partial charge in [0.25, 0.3) is 0 Å². The van der Waals surface area contributed by atoms with Crippen LogP contribution in [-0.4, -0.2) is 23.3 Å². The normalized spacial score (nSPS) is 11.1. The van der Waals surface area contributed by atoms with Crippen molar-refractivity contribution in [1.82, 2.24) is 9.99 Å². The molecule has 0 atom stereocenters. The van der Waals surface area contributed by atoms with Crippen LogP contribution in [0, 0.1) is 19.7 Å². The van der Waals surface area contributed by atoms with Crippen molar-refractivity contribution in [3.8, 4) is 22.9 Å². The summed E-state index contributed by atoms with van der Waals surface area (Å²) in [5.41, 5.74) is 7.38. The van der Waals surface area contributed by atoms with Gasteiger partial charge in [0.15, 0.2) is 17.3 Å². The van der Waals surface area contributed by atoms with Crippen LogP contribution in [0.2, 0.25) is 0 Å². The zero-order valence-corrected chi connectivity index (χ0v) is 24.2.